The van der Waals surface area contributed by atoms with Gasteiger partial charge in [0.15, 0.2) is 0 Å². The van der Waals surface area contributed by atoms with Crippen LogP contribution in [0, 0.1) is 0 Å². The molecule has 1 aromatic rings. The van der Waals surface area contributed by atoms with E-state index in [2.05, 4.69) is 18.2 Å². The Morgan fingerprint density at radius 3 is 2.50 bits per heavy atom. The molecule has 1 amide bonds. The summed E-state index contributed by atoms with van der Waals surface area (Å²) in [6.45, 7) is 6.73. The van der Waals surface area contributed by atoms with Crippen molar-refractivity contribution >= 4 is 17.2 Å². The molecule has 140 valence electrons. The number of ether oxygens (including phenoxy) is 1. The third-order valence-corrected chi connectivity index (χ3v) is 6.01. The molecule has 4 nitrogen and oxygen atoms in total. The largest absolute Gasteiger partial charge is 0.444 e. The zero-order chi connectivity index (χ0) is 18.5. The Bertz CT molecular complexity index is 854. The summed E-state index contributed by atoms with van der Waals surface area (Å²) in [5.41, 5.74) is 2.89. The molecule has 1 aliphatic heterocycles. The summed E-state index contributed by atoms with van der Waals surface area (Å²) >= 11 is 0. The number of benzene rings is 1. The van der Waals surface area contributed by atoms with Gasteiger partial charge >= 0.3 is 6.09 Å². The highest BCUT2D eigenvalue weighted by Crippen LogP contribution is 2.36. The van der Waals surface area contributed by atoms with Gasteiger partial charge < -0.3 is 14.7 Å². The molecular formula is C22H29NO3. The van der Waals surface area contributed by atoms with E-state index in [0.29, 0.717) is 25.9 Å². The molecule has 1 aromatic carbocycles. The molecule has 4 heteroatoms. The van der Waals surface area contributed by atoms with Gasteiger partial charge in [0.05, 0.1) is 5.60 Å². The van der Waals surface area contributed by atoms with Gasteiger partial charge in [0, 0.05) is 13.1 Å². The van der Waals surface area contributed by atoms with Crippen molar-refractivity contribution < 1.29 is 14.6 Å². The van der Waals surface area contributed by atoms with Gasteiger partial charge in [0.25, 0.3) is 0 Å². The first kappa shape index (κ1) is 17.6. The molecule has 0 spiro atoms. The van der Waals surface area contributed by atoms with Gasteiger partial charge in [-0.15, -0.1) is 0 Å². The van der Waals surface area contributed by atoms with Gasteiger partial charge in [0.1, 0.15) is 5.60 Å². The Kier molecular flexibility index (Phi) is 4.14. The Labute approximate surface area is 155 Å². The number of rotatable bonds is 1. The first-order chi connectivity index (χ1) is 12.3. The molecule has 0 saturated carbocycles. The predicted molar refractivity (Wildman–Crippen MR) is 102 cm³/mol. The molecule has 1 fully saturated rings. The van der Waals surface area contributed by atoms with Crippen molar-refractivity contribution in [2.24, 2.45) is 0 Å². The van der Waals surface area contributed by atoms with E-state index in [0.717, 1.165) is 19.3 Å². The third kappa shape index (κ3) is 3.05. The second-order valence-electron chi connectivity index (χ2n) is 8.92. The van der Waals surface area contributed by atoms with E-state index < -0.39 is 11.2 Å². The van der Waals surface area contributed by atoms with Gasteiger partial charge in [-0.3, -0.25) is 0 Å². The molecule has 3 aliphatic rings. The minimum Gasteiger partial charge on any atom is -0.444 e. The Morgan fingerprint density at radius 1 is 1.12 bits per heavy atom. The van der Waals surface area contributed by atoms with Crippen LogP contribution in [0.15, 0.2) is 18.2 Å². The van der Waals surface area contributed by atoms with Gasteiger partial charge in [-0.05, 0) is 80.9 Å². The van der Waals surface area contributed by atoms with Crippen molar-refractivity contribution in [1.82, 2.24) is 4.90 Å². The minimum absolute atomic E-state index is 0.274. The van der Waals surface area contributed by atoms with Crippen LogP contribution in [0.2, 0.25) is 0 Å². The normalized spacial score (nSPS) is 21.6. The summed E-state index contributed by atoms with van der Waals surface area (Å²) in [7, 11) is 0. The highest BCUT2D eigenvalue weighted by molar-refractivity contribution is 5.69. The zero-order valence-electron chi connectivity index (χ0n) is 16.1. The van der Waals surface area contributed by atoms with E-state index in [1.165, 1.54) is 28.0 Å². The van der Waals surface area contributed by atoms with Crippen LogP contribution >= 0.6 is 0 Å². The molecule has 26 heavy (non-hydrogen) atoms. The maximum Gasteiger partial charge on any atom is 0.410 e. The lowest BCUT2D eigenvalue weighted by atomic mass is 9.78. The molecule has 1 N–H and O–H groups in total. The number of aliphatic hydroxyl groups is 1. The van der Waals surface area contributed by atoms with Crippen molar-refractivity contribution in [3.05, 3.63) is 34.2 Å². The van der Waals surface area contributed by atoms with E-state index in [4.69, 9.17) is 4.74 Å². The Morgan fingerprint density at radius 2 is 1.81 bits per heavy atom. The SMILES string of the molecule is CC(C)(C)OC(=O)N1CCC(O)(C2=c3cccc4c3=C(CC2)CC4)CC1. The quantitative estimate of drug-likeness (QED) is 0.842. The van der Waals surface area contributed by atoms with Gasteiger partial charge in [0.2, 0.25) is 0 Å². The van der Waals surface area contributed by atoms with E-state index in [-0.39, 0.29) is 6.09 Å². The second-order valence-corrected chi connectivity index (χ2v) is 8.92. The second kappa shape index (κ2) is 6.12. The van der Waals surface area contributed by atoms with Crippen LogP contribution in [0.3, 0.4) is 0 Å². The van der Waals surface area contributed by atoms with Gasteiger partial charge in [-0.25, -0.2) is 4.79 Å². The maximum absolute atomic E-state index is 12.3. The number of nitrogens with zero attached hydrogens (tertiary/aromatic N) is 1. The van der Waals surface area contributed by atoms with E-state index >= 15 is 0 Å². The lowest BCUT2D eigenvalue weighted by molar-refractivity contribution is -0.00634. The molecule has 0 atom stereocenters. The van der Waals surface area contributed by atoms with Crippen LogP contribution in [0.4, 0.5) is 4.79 Å². The zero-order valence-corrected chi connectivity index (χ0v) is 16.1. The lowest BCUT2D eigenvalue weighted by Gasteiger charge is -2.40. The van der Waals surface area contributed by atoms with Crippen LogP contribution in [0.25, 0.3) is 11.1 Å². The number of hydrogen-bond acceptors (Lipinski definition) is 3. The smallest absolute Gasteiger partial charge is 0.410 e. The van der Waals surface area contributed by atoms with Crippen LogP contribution in [-0.4, -0.2) is 40.4 Å². The van der Waals surface area contributed by atoms with E-state index in [9.17, 15) is 9.90 Å². The average Bonchev–Trinajstić information content (AvgIpc) is 2.99. The summed E-state index contributed by atoms with van der Waals surface area (Å²) in [5.74, 6) is 0. The number of aryl methyl sites for hydroxylation is 1. The standard InChI is InChI=1S/C22H29NO3/c1-21(2,3)26-20(24)23-13-11-22(25,12-14-23)18-10-9-16-8-7-15-5-4-6-17(18)19(15)16/h4-6,25H,7-14H2,1-3H3. The van der Waals surface area contributed by atoms with Crippen LogP contribution < -0.4 is 10.4 Å². The number of carbonyl (C=O) groups is 1. The molecule has 1 saturated heterocycles. The van der Waals surface area contributed by atoms with Crippen molar-refractivity contribution in [2.75, 3.05) is 13.1 Å². The third-order valence-electron chi connectivity index (χ3n) is 6.01. The predicted octanol–water partition coefficient (Wildman–Crippen LogP) is 2.49. The topological polar surface area (TPSA) is 49.8 Å². The monoisotopic (exact) mass is 355 g/mol. The fourth-order valence-electron chi connectivity index (χ4n) is 4.72. The summed E-state index contributed by atoms with van der Waals surface area (Å²) in [5, 5.41) is 14.1. The van der Waals surface area contributed by atoms with Crippen molar-refractivity contribution in [3.8, 4) is 0 Å². The summed E-state index contributed by atoms with van der Waals surface area (Å²) in [4.78, 5) is 14.0. The fourth-order valence-corrected chi connectivity index (χ4v) is 4.72. The van der Waals surface area contributed by atoms with E-state index in [1.54, 1.807) is 10.5 Å². The fraction of sp³-hybridized carbons (Fsp3) is 0.591. The molecule has 0 aromatic heterocycles. The van der Waals surface area contributed by atoms with Crippen LogP contribution in [-0.2, 0) is 11.2 Å². The summed E-state index contributed by atoms with van der Waals surface area (Å²) < 4.78 is 5.48. The highest BCUT2D eigenvalue weighted by atomic mass is 16.6. The molecule has 1 heterocycles. The Balaban J connectivity index is 1.60. The molecule has 4 rings (SSSR count). The van der Waals surface area contributed by atoms with Crippen molar-refractivity contribution in [1.29, 1.82) is 0 Å². The average molecular weight is 355 g/mol. The summed E-state index contributed by atoms with van der Waals surface area (Å²) in [6, 6.07) is 6.53. The Hall–Kier alpha value is -1.81. The highest BCUT2D eigenvalue weighted by Gasteiger charge is 2.39. The molecule has 2 aliphatic carbocycles. The molecule has 0 unspecified atom stereocenters. The number of likely N-dealkylation sites (tertiary alicyclic amines) is 1. The van der Waals surface area contributed by atoms with Gasteiger partial charge in [-0.1, -0.05) is 23.8 Å². The molecule has 0 bridgehead atoms. The maximum atomic E-state index is 12.3. The number of amides is 1. The minimum atomic E-state index is -0.804. The molecule has 0 radical (unpaired) electrons. The molecular weight excluding hydrogens is 326 g/mol. The van der Waals surface area contributed by atoms with Crippen molar-refractivity contribution in [3.63, 3.8) is 0 Å². The number of carbonyl (C=O) groups excluding carboxylic acids is 1. The first-order valence-electron chi connectivity index (χ1n) is 9.81. The number of piperidine rings is 1. The number of hydrogen-bond donors (Lipinski definition) is 1. The summed E-state index contributed by atoms with van der Waals surface area (Å²) in [6.07, 6.45) is 5.21. The van der Waals surface area contributed by atoms with Crippen molar-refractivity contribution in [2.45, 2.75) is 70.5 Å². The van der Waals surface area contributed by atoms with Crippen LogP contribution in [0.5, 0.6) is 0 Å². The van der Waals surface area contributed by atoms with Gasteiger partial charge in [-0.2, -0.15) is 0 Å². The first-order valence-corrected chi connectivity index (χ1v) is 9.81. The van der Waals surface area contributed by atoms with Crippen LogP contribution in [0.1, 0.15) is 58.4 Å². The van der Waals surface area contributed by atoms with E-state index in [1.807, 2.05) is 20.8 Å². The lowest BCUT2D eigenvalue weighted by Crippen LogP contribution is -2.51.